The number of carbonyl (C=O) groups is 5. The third kappa shape index (κ3) is 9.14. The third-order valence-electron chi connectivity index (χ3n) is 6.26. The van der Waals surface area contributed by atoms with Crippen LogP contribution in [0.5, 0.6) is 5.75 Å². The van der Waals surface area contributed by atoms with Crippen LogP contribution in [0.1, 0.15) is 33.3 Å². The fourth-order valence-corrected chi connectivity index (χ4v) is 4.67. The highest BCUT2D eigenvalue weighted by Gasteiger charge is 2.53. The maximum atomic E-state index is 12.9. The lowest BCUT2D eigenvalue weighted by Crippen LogP contribution is -2.63. The molecule has 3 rings (SSSR count). The van der Waals surface area contributed by atoms with Crippen LogP contribution in [0.25, 0.3) is 0 Å². The minimum Gasteiger partial charge on any atom is -0.463 e. The molecule has 0 aliphatic carbocycles. The van der Waals surface area contributed by atoms with E-state index in [-0.39, 0.29) is 17.1 Å². The van der Waals surface area contributed by atoms with Gasteiger partial charge in [-0.3, -0.25) is 29.3 Å². The van der Waals surface area contributed by atoms with Crippen molar-refractivity contribution in [1.82, 2.24) is 4.90 Å². The number of alkyl halides is 1. The largest absolute Gasteiger partial charge is 0.463 e. The second kappa shape index (κ2) is 15.5. The minimum absolute atomic E-state index is 0.0720. The SMILES string of the molecule is CC(=O)OC[C@H]1O[C@H](Oc2cc(NC(=O)N3CCOCC3)c(CCl)cc2[N+](=O)[O-])[C@H](OC(C)=O)[C@@H](OC(C)=O)[C@H]1OC(C)=O. The second-order valence-electron chi connectivity index (χ2n) is 9.58. The summed E-state index contributed by atoms with van der Waals surface area (Å²) in [4.78, 5) is 73.4. The normalized spacial score (nSPS) is 23.1. The van der Waals surface area contributed by atoms with E-state index in [1.807, 2.05) is 0 Å². The first-order chi connectivity index (χ1) is 20.8. The molecule has 2 aliphatic rings. The van der Waals surface area contributed by atoms with Gasteiger partial charge in [-0.2, -0.15) is 0 Å². The molecule has 2 heterocycles. The van der Waals surface area contributed by atoms with Gasteiger partial charge in [-0.25, -0.2) is 4.79 Å². The number of halogens is 1. The number of nitro groups is 1. The lowest BCUT2D eigenvalue weighted by molar-refractivity contribution is -0.387. The van der Waals surface area contributed by atoms with Gasteiger partial charge in [0.25, 0.3) is 0 Å². The first kappa shape index (κ1) is 34.3. The number of carbonyl (C=O) groups excluding carboxylic acids is 5. The maximum absolute atomic E-state index is 12.9. The maximum Gasteiger partial charge on any atom is 0.322 e. The molecule has 2 aliphatic heterocycles. The summed E-state index contributed by atoms with van der Waals surface area (Å²) in [6, 6.07) is 1.71. The summed E-state index contributed by atoms with van der Waals surface area (Å²) in [7, 11) is 0. The van der Waals surface area contributed by atoms with Crippen molar-refractivity contribution in [2.24, 2.45) is 0 Å². The average molecular weight is 646 g/mol. The molecule has 1 aromatic rings. The summed E-state index contributed by atoms with van der Waals surface area (Å²) in [5, 5.41) is 14.7. The Bertz CT molecular complexity index is 1270. The minimum atomic E-state index is -1.75. The Kier molecular flexibility index (Phi) is 12.1. The summed E-state index contributed by atoms with van der Waals surface area (Å²) >= 11 is 6.05. The molecular formula is C26H32ClN3O14. The van der Waals surface area contributed by atoms with Crippen LogP contribution in [-0.4, -0.2) is 103 Å². The van der Waals surface area contributed by atoms with Gasteiger partial charge in [0.1, 0.15) is 12.7 Å². The molecule has 2 fully saturated rings. The molecule has 18 heteroatoms. The van der Waals surface area contributed by atoms with Crippen LogP contribution in [0.3, 0.4) is 0 Å². The van der Waals surface area contributed by atoms with Gasteiger partial charge in [-0.15, -0.1) is 11.6 Å². The van der Waals surface area contributed by atoms with Crippen LogP contribution in [0.2, 0.25) is 0 Å². The van der Waals surface area contributed by atoms with Crippen molar-refractivity contribution in [2.75, 3.05) is 38.2 Å². The Labute approximate surface area is 256 Å². The van der Waals surface area contributed by atoms with E-state index in [0.717, 1.165) is 39.8 Å². The number of rotatable bonds is 10. The predicted octanol–water partition coefficient (Wildman–Crippen LogP) is 1.66. The van der Waals surface area contributed by atoms with Crippen molar-refractivity contribution in [1.29, 1.82) is 0 Å². The fourth-order valence-electron chi connectivity index (χ4n) is 4.45. The van der Waals surface area contributed by atoms with Crippen molar-refractivity contribution in [3.63, 3.8) is 0 Å². The topological polar surface area (TPSA) is 208 Å². The number of anilines is 1. The number of urea groups is 1. The first-order valence-corrected chi connectivity index (χ1v) is 13.8. The van der Waals surface area contributed by atoms with E-state index in [1.165, 1.54) is 4.90 Å². The predicted molar refractivity (Wildman–Crippen MR) is 147 cm³/mol. The van der Waals surface area contributed by atoms with Gasteiger partial charge in [0.15, 0.2) is 12.2 Å². The number of nitrogens with zero attached hydrogens (tertiary/aromatic N) is 2. The summed E-state index contributed by atoms with van der Waals surface area (Å²) in [6.45, 7) is 4.98. The van der Waals surface area contributed by atoms with E-state index in [9.17, 15) is 34.1 Å². The van der Waals surface area contributed by atoms with E-state index in [2.05, 4.69) is 5.32 Å². The molecule has 2 saturated heterocycles. The molecule has 242 valence electrons. The molecule has 0 bridgehead atoms. The standard InChI is InChI=1S/C26H32ClN3O14/c1-13(31)39-12-21-22(40-14(2)32)23(41-15(3)33)24(42-16(4)34)25(44-21)43-20-10-18(17(11-27)9-19(20)30(36)37)28-26(35)29-5-7-38-8-6-29/h9-10,21-25H,5-8,11-12H2,1-4H3,(H,28,35)/t21-,22+,23+,24-,25+/m1/s1. The Morgan fingerprint density at radius 3 is 2.09 bits per heavy atom. The van der Waals surface area contributed by atoms with Gasteiger partial charge < -0.3 is 43.4 Å². The summed E-state index contributed by atoms with van der Waals surface area (Å²) in [6.07, 6.45) is -7.78. The van der Waals surface area contributed by atoms with Crippen molar-refractivity contribution in [3.05, 3.63) is 27.8 Å². The van der Waals surface area contributed by atoms with Crippen LogP contribution in [0.15, 0.2) is 12.1 Å². The number of amides is 2. The summed E-state index contributed by atoms with van der Waals surface area (Å²) in [5.74, 6) is -4.01. The van der Waals surface area contributed by atoms with Gasteiger partial charge in [-0.1, -0.05) is 0 Å². The Hall–Kier alpha value is -4.22. The molecule has 0 radical (unpaired) electrons. The van der Waals surface area contributed by atoms with E-state index < -0.39 is 83.6 Å². The number of benzene rings is 1. The van der Waals surface area contributed by atoms with Gasteiger partial charge >= 0.3 is 35.6 Å². The molecular weight excluding hydrogens is 614 g/mol. The molecule has 1 aromatic carbocycles. The molecule has 2 amide bonds. The molecule has 0 aromatic heterocycles. The Balaban J connectivity index is 2.07. The number of nitrogens with one attached hydrogen (secondary N) is 1. The molecule has 5 atom stereocenters. The van der Waals surface area contributed by atoms with Crippen molar-refractivity contribution in [3.8, 4) is 5.75 Å². The number of nitro benzene ring substituents is 1. The van der Waals surface area contributed by atoms with Crippen molar-refractivity contribution < 1.29 is 62.1 Å². The Morgan fingerprint density at radius 1 is 0.955 bits per heavy atom. The van der Waals surface area contributed by atoms with E-state index >= 15 is 0 Å². The number of morpholine rings is 1. The van der Waals surface area contributed by atoms with Gasteiger partial charge in [0, 0.05) is 58.8 Å². The molecule has 0 saturated carbocycles. The Morgan fingerprint density at radius 2 is 1.55 bits per heavy atom. The molecule has 17 nitrogen and oxygen atoms in total. The number of ether oxygens (including phenoxy) is 7. The van der Waals surface area contributed by atoms with Crippen LogP contribution >= 0.6 is 11.6 Å². The summed E-state index contributed by atoms with van der Waals surface area (Å²) < 4.78 is 38.1. The third-order valence-corrected chi connectivity index (χ3v) is 6.54. The van der Waals surface area contributed by atoms with Crippen LogP contribution in [0, 0.1) is 10.1 Å². The highest BCUT2D eigenvalue weighted by Crippen LogP contribution is 2.38. The first-order valence-electron chi connectivity index (χ1n) is 13.3. The zero-order chi connectivity index (χ0) is 32.6. The zero-order valence-electron chi connectivity index (χ0n) is 24.3. The number of hydrogen-bond donors (Lipinski definition) is 1. The monoisotopic (exact) mass is 645 g/mol. The van der Waals surface area contributed by atoms with E-state index in [0.29, 0.717) is 26.3 Å². The lowest BCUT2D eigenvalue weighted by Gasteiger charge is -2.43. The van der Waals surface area contributed by atoms with E-state index in [4.69, 9.17) is 44.8 Å². The van der Waals surface area contributed by atoms with Crippen molar-refractivity contribution in [2.45, 2.75) is 64.3 Å². The highest BCUT2D eigenvalue weighted by atomic mass is 35.5. The van der Waals surface area contributed by atoms with Gasteiger partial charge in [0.2, 0.25) is 18.1 Å². The summed E-state index contributed by atoms with van der Waals surface area (Å²) in [5.41, 5.74) is -0.338. The lowest BCUT2D eigenvalue weighted by atomic mass is 9.98. The second-order valence-corrected chi connectivity index (χ2v) is 9.85. The highest BCUT2D eigenvalue weighted by molar-refractivity contribution is 6.17. The van der Waals surface area contributed by atoms with Crippen LogP contribution < -0.4 is 10.1 Å². The average Bonchev–Trinajstić information content (AvgIpc) is 2.94. The quantitative estimate of drug-likeness (QED) is 0.126. The van der Waals surface area contributed by atoms with Crippen molar-refractivity contribution >= 4 is 52.9 Å². The van der Waals surface area contributed by atoms with E-state index in [1.54, 1.807) is 0 Å². The van der Waals surface area contributed by atoms with Crippen LogP contribution in [0.4, 0.5) is 16.2 Å². The molecule has 44 heavy (non-hydrogen) atoms. The molecule has 0 spiro atoms. The van der Waals surface area contributed by atoms with Crippen LogP contribution in [-0.2, 0) is 53.5 Å². The molecule has 1 N–H and O–H groups in total. The number of hydrogen-bond acceptors (Lipinski definition) is 14. The van der Waals surface area contributed by atoms with Gasteiger partial charge in [-0.05, 0) is 5.56 Å². The smallest absolute Gasteiger partial charge is 0.322 e. The molecule has 0 unspecified atom stereocenters. The van der Waals surface area contributed by atoms with Gasteiger partial charge in [0.05, 0.1) is 23.8 Å². The zero-order valence-corrected chi connectivity index (χ0v) is 25.0. The number of esters is 4. The fraction of sp³-hybridized carbons (Fsp3) is 0.577.